The van der Waals surface area contributed by atoms with Gasteiger partial charge in [-0.2, -0.15) is 0 Å². The lowest BCUT2D eigenvalue weighted by atomic mass is 10.1. The van der Waals surface area contributed by atoms with Crippen LogP contribution in [-0.4, -0.2) is 18.1 Å². The Hall–Kier alpha value is -1.81. The molecule has 0 aliphatic carbocycles. The van der Waals surface area contributed by atoms with Crippen LogP contribution in [0.25, 0.3) is 0 Å². The number of carboxylic acid groups (broad SMARTS) is 1. The van der Waals surface area contributed by atoms with Crippen molar-refractivity contribution in [2.45, 2.75) is 6.92 Å². The van der Waals surface area contributed by atoms with Gasteiger partial charge < -0.3 is 10.0 Å². The highest BCUT2D eigenvalue weighted by Gasteiger charge is 2.11. The zero-order valence-electron chi connectivity index (χ0n) is 10.7. The standard InChI is InChI=1S/C15H14BrNO2/c1-10-4-3-5-12(8-10)17(2)14-7-6-11(15(18)19)9-13(14)16/h3-9H,1-2H3,(H,18,19). The van der Waals surface area contributed by atoms with Gasteiger partial charge in [0.05, 0.1) is 11.3 Å². The Labute approximate surface area is 120 Å². The van der Waals surface area contributed by atoms with E-state index in [4.69, 9.17) is 5.11 Å². The summed E-state index contributed by atoms with van der Waals surface area (Å²) in [7, 11) is 1.95. The average Bonchev–Trinajstić information content (AvgIpc) is 2.37. The molecule has 0 spiro atoms. The van der Waals surface area contributed by atoms with E-state index in [0.717, 1.165) is 15.8 Å². The molecule has 0 fully saturated rings. The van der Waals surface area contributed by atoms with Gasteiger partial charge in [-0.1, -0.05) is 12.1 Å². The molecule has 2 aromatic rings. The molecule has 0 atom stereocenters. The number of nitrogens with zero attached hydrogens (tertiary/aromatic N) is 1. The second-order valence-electron chi connectivity index (χ2n) is 4.37. The van der Waals surface area contributed by atoms with Crippen LogP contribution in [0.3, 0.4) is 0 Å². The van der Waals surface area contributed by atoms with Gasteiger partial charge in [-0.05, 0) is 58.7 Å². The summed E-state index contributed by atoms with van der Waals surface area (Å²) in [5.74, 6) is -0.926. The molecule has 0 aromatic heterocycles. The quantitative estimate of drug-likeness (QED) is 0.920. The summed E-state index contributed by atoms with van der Waals surface area (Å²) in [5, 5.41) is 8.96. The van der Waals surface area contributed by atoms with Crippen LogP contribution >= 0.6 is 15.9 Å². The van der Waals surface area contributed by atoms with Crippen LogP contribution in [0.1, 0.15) is 15.9 Å². The van der Waals surface area contributed by atoms with Crippen molar-refractivity contribution in [2.75, 3.05) is 11.9 Å². The molecule has 0 amide bonds. The fourth-order valence-electron chi connectivity index (χ4n) is 1.89. The topological polar surface area (TPSA) is 40.5 Å². The largest absolute Gasteiger partial charge is 0.478 e. The van der Waals surface area contributed by atoms with Crippen molar-refractivity contribution in [1.82, 2.24) is 0 Å². The van der Waals surface area contributed by atoms with Crippen molar-refractivity contribution in [1.29, 1.82) is 0 Å². The Kier molecular flexibility index (Phi) is 3.90. The van der Waals surface area contributed by atoms with Crippen LogP contribution < -0.4 is 4.90 Å². The molecule has 0 heterocycles. The summed E-state index contributed by atoms with van der Waals surface area (Å²) in [6.07, 6.45) is 0. The fraction of sp³-hybridized carbons (Fsp3) is 0.133. The van der Waals surface area contributed by atoms with Crippen molar-refractivity contribution in [3.8, 4) is 0 Å². The maximum atomic E-state index is 10.9. The highest BCUT2D eigenvalue weighted by Crippen LogP contribution is 2.31. The van der Waals surface area contributed by atoms with Gasteiger partial charge in [0.15, 0.2) is 0 Å². The van der Waals surface area contributed by atoms with Crippen LogP contribution in [0, 0.1) is 6.92 Å². The predicted octanol–water partition coefficient (Wildman–Crippen LogP) is 4.22. The molecule has 2 rings (SSSR count). The number of carbonyl (C=O) groups is 1. The molecule has 0 bridgehead atoms. The molecule has 0 saturated heterocycles. The lowest BCUT2D eigenvalue weighted by Gasteiger charge is -2.21. The molecular formula is C15H14BrNO2. The maximum absolute atomic E-state index is 10.9. The minimum absolute atomic E-state index is 0.272. The number of halogens is 1. The van der Waals surface area contributed by atoms with Crippen LogP contribution in [0.2, 0.25) is 0 Å². The Bertz CT molecular complexity index is 625. The van der Waals surface area contributed by atoms with Crippen LogP contribution in [0.4, 0.5) is 11.4 Å². The van der Waals surface area contributed by atoms with E-state index in [1.54, 1.807) is 18.2 Å². The monoisotopic (exact) mass is 319 g/mol. The predicted molar refractivity (Wildman–Crippen MR) is 80.3 cm³/mol. The Morgan fingerprint density at radius 1 is 1.21 bits per heavy atom. The van der Waals surface area contributed by atoms with Crippen LogP contribution in [0.15, 0.2) is 46.9 Å². The number of rotatable bonds is 3. The van der Waals surface area contributed by atoms with E-state index in [1.165, 1.54) is 5.56 Å². The third-order valence-corrected chi connectivity index (χ3v) is 3.58. The second-order valence-corrected chi connectivity index (χ2v) is 5.22. The van der Waals surface area contributed by atoms with Gasteiger partial charge >= 0.3 is 5.97 Å². The first kappa shape index (κ1) is 13.6. The summed E-state index contributed by atoms with van der Waals surface area (Å²) in [6, 6.07) is 13.2. The zero-order chi connectivity index (χ0) is 14.0. The molecule has 0 aliphatic rings. The van der Waals surface area contributed by atoms with Crippen molar-refractivity contribution >= 4 is 33.3 Å². The minimum atomic E-state index is -0.926. The van der Waals surface area contributed by atoms with E-state index in [9.17, 15) is 4.79 Å². The van der Waals surface area contributed by atoms with E-state index in [-0.39, 0.29) is 5.56 Å². The molecule has 0 aliphatic heterocycles. The minimum Gasteiger partial charge on any atom is -0.478 e. The Morgan fingerprint density at radius 3 is 2.53 bits per heavy atom. The second kappa shape index (κ2) is 5.45. The third-order valence-electron chi connectivity index (χ3n) is 2.94. The van der Waals surface area contributed by atoms with Gasteiger partial charge in [-0.3, -0.25) is 0 Å². The number of anilines is 2. The molecule has 3 nitrogen and oxygen atoms in total. The highest BCUT2D eigenvalue weighted by molar-refractivity contribution is 9.10. The first-order chi connectivity index (χ1) is 8.99. The van der Waals surface area contributed by atoms with E-state index >= 15 is 0 Å². The molecule has 4 heteroatoms. The van der Waals surface area contributed by atoms with E-state index in [2.05, 4.69) is 22.0 Å². The van der Waals surface area contributed by atoms with Crippen molar-refractivity contribution in [3.05, 3.63) is 58.1 Å². The molecule has 1 N–H and O–H groups in total. The average molecular weight is 320 g/mol. The normalized spacial score (nSPS) is 10.3. The summed E-state index contributed by atoms with van der Waals surface area (Å²) in [4.78, 5) is 12.9. The lowest BCUT2D eigenvalue weighted by Crippen LogP contribution is -2.10. The summed E-state index contributed by atoms with van der Waals surface area (Å²) >= 11 is 3.43. The molecule has 19 heavy (non-hydrogen) atoms. The number of carboxylic acids is 1. The SMILES string of the molecule is Cc1cccc(N(C)c2ccc(C(=O)O)cc2Br)c1. The van der Waals surface area contributed by atoms with E-state index < -0.39 is 5.97 Å². The van der Waals surface area contributed by atoms with Gasteiger partial charge in [0.1, 0.15) is 0 Å². The molecular weight excluding hydrogens is 306 g/mol. The van der Waals surface area contributed by atoms with Crippen molar-refractivity contribution < 1.29 is 9.90 Å². The number of aryl methyl sites for hydroxylation is 1. The van der Waals surface area contributed by atoms with E-state index in [0.29, 0.717) is 0 Å². The number of aromatic carboxylic acids is 1. The third kappa shape index (κ3) is 2.96. The van der Waals surface area contributed by atoms with Gasteiger partial charge in [0, 0.05) is 17.2 Å². The van der Waals surface area contributed by atoms with Gasteiger partial charge in [-0.15, -0.1) is 0 Å². The van der Waals surface area contributed by atoms with Gasteiger partial charge in [0.2, 0.25) is 0 Å². The van der Waals surface area contributed by atoms with Gasteiger partial charge in [-0.25, -0.2) is 4.79 Å². The Morgan fingerprint density at radius 2 is 1.95 bits per heavy atom. The fourth-order valence-corrected chi connectivity index (χ4v) is 2.53. The number of benzene rings is 2. The molecule has 0 unspecified atom stereocenters. The smallest absolute Gasteiger partial charge is 0.335 e. The summed E-state index contributed by atoms with van der Waals surface area (Å²) in [5.41, 5.74) is 3.44. The zero-order valence-corrected chi connectivity index (χ0v) is 12.3. The number of hydrogen-bond donors (Lipinski definition) is 1. The first-order valence-electron chi connectivity index (χ1n) is 5.82. The molecule has 2 aromatic carbocycles. The molecule has 98 valence electrons. The first-order valence-corrected chi connectivity index (χ1v) is 6.61. The van der Waals surface area contributed by atoms with E-state index in [1.807, 2.05) is 37.1 Å². The van der Waals surface area contributed by atoms with Crippen molar-refractivity contribution in [3.63, 3.8) is 0 Å². The summed E-state index contributed by atoms with van der Waals surface area (Å²) < 4.78 is 0.761. The lowest BCUT2D eigenvalue weighted by molar-refractivity contribution is 0.0697. The molecule has 0 saturated carbocycles. The van der Waals surface area contributed by atoms with Crippen LogP contribution in [0.5, 0.6) is 0 Å². The maximum Gasteiger partial charge on any atom is 0.335 e. The van der Waals surface area contributed by atoms with Gasteiger partial charge in [0.25, 0.3) is 0 Å². The highest BCUT2D eigenvalue weighted by atomic mass is 79.9. The Balaban J connectivity index is 2.39. The summed E-state index contributed by atoms with van der Waals surface area (Å²) in [6.45, 7) is 2.04. The van der Waals surface area contributed by atoms with Crippen molar-refractivity contribution in [2.24, 2.45) is 0 Å². The molecule has 0 radical (unpaired) electrons. The van der Waals surface area contributed by atoms with Crippen LogP contribution in [-0.2, 0) is 0 Å². The number of hydrogen-bond acceptors (Lipinski definition) is 2.